The van der Waals surface area contributed by atoms with Crippen LogP contribution >= 0.6 is 0 Å². The van der Waals surface area contributed by atoms with Crippen molar-refractivity contribution >= 4 is 11.8 Å². The standard InChI is InChI=1S/C10H17NO4/c1-8(4-5-9(12)7-11)15-6-2-3-10(13)14/h1-7,11H2,(H,13,14). The Balaban J connectivity index is 3.41. The molecule has 0 aromatic carbocycles. The maximum Gasteiger partial charge on any atom is 0.303 e. The number of carbonyl (C=O) groups is 2. The van der Waals surface area contributed by atoms with E-state index in [4.69, 9.17) is 15.6 Å². The third kappa shape index (κ3) is 8.96. The summed E-state index contributed by atoms with van der Waals surface area (Å²) in [7, 11) is 0. The van der Waals surface area contributed by atoms with E-state index in [1.165, 1.54) is 0 Å². The number of Topliss-reactive ketones (excluding diaryl/α,β-unsaturated/α-hetero) is 1. The Labute approximate surface area is 88.9 Å². The van der Waals surface area contributed by atoms with Gasteiger partial charge in [-0.05, 0) is 6.42 Å². The average molecular weight is 215 g/mol. The Morgan fingerprint density at radius 1 is 1.27 bits per heavy atom. The zero-order valence-electron chi connectivity index (χ0n) is 8.70. The van der Waals surface area contributed by atoms with Crippen LogP contribution in [0.15, 0.2) is 12.3 Å². The van der Waals surface area contributed by atoms with Crippen LogP contribution in [0.4, 0.5) is 0 Å². The van der Waals surface area contributed by atoms with Crippen molar-refractivity contribution in [1.29, 1.82) is 0 Å². The first-order valence-electron chi connectivity index (χ1n) is 4.80. The monoisotopic (exact) mass is 215 g/mol. The lowest BCUT2D eigenvalue weighted by molar-refractivity contribution is -0.137. The zero-order chi connectivity index (χ0) is 11.7. The van der Waals surface area contributed by atoms with Crippen LogP contribution in [0.2, 0.25) is 0 Å². The highest BCUT2D eigenvalue weighted by molar-refractivity contribution is 5.80. The summed E-state index contributed by atoms with van der Waals surface area (Å²) in [5.41, 5.74) is 5.13. The van der Waals surface area contributed by atoms with Gasteiger partial charge in [0.15, 0.2) is 0 Å². The molecule has 3 N–H and O–H groups in total. The number of carbonyl (C=O) groups excluding carboxylic acids is 1. The van der Waals surface area contributed by atoms with Gasteiger partial charge in [0.1, 0.15) is 5.78 Å². The van der Waals surface area contributed by atoms with Crippen molar-refractivity contribution in [3.63, 3.8) is 0 Å². The van der Waals surface area contributed by atoms with Gasteiger partial charge in [-0.15, -0.1) is 0 Å². The summed E-state index contributed by atoms with van der Waals surface area (Å²) >= 11 is 0. The Hall–Kier alpha value is -1.36. The third-order valence-corrected chi connectivity index (χ3v) is 1.75. The van der Waals surface area contributed by atoms with E-state index in [9.17, 15) is 9.59 Å². The molecule has 0 saturated heterocycles. The molecule has 15 heavy (non-hydrogen) atoms. The fraction of sp³-hybridized carbons (Fsp3) is 0.600. The summed E-state index contributed by atoms with van der Waals surface area (Å²) in [6.07, 6.45) is 1.30. The molecule has 0 spiro atoms. The van der Waals surface area contributed by atoms with Gasteiger partial charge in [0.25, 0.3) is 0 Å². The molecular formula is C10H17NO4. The molecule has 0 aromatic heterocycles. The third-order valence-electron chi connectivity index (χ3n) is 1.75. The first-order valence-corrected chi connectivity index (χ1v) is 4.80. The van der Waals surface area contributed by atoms with Gasteiger partial charge in [-0.1, -0.05) is 6.58 Å². The van der Waals surface area contributed by atoms with E-state index < -0.39 is 5.97 Å². The van der Waals surface area contributed by atoms with Gasteiger partial charge >= 0.3 is 5.97 Å². The lowest BCUT2D eigenvalue weighted by atomic mass is 10.2. The van der Waals surface area contributed by atoms with Crippen molar-refractivity contribution in [2.45, 2.75) is 25.7 Å². The number of allylic oxidation sites excluding steroid dienone is 1. The number of carboxylic acid groups (broad SMARTS) is 1. The van der Waals surface area contributed by atoms with Crippen LogP contribution in [0.3, 0.4) is 0 Å². The maximum atomic E-state index is 10.8. The molecule has 0 aromatic rings. The molecule has 0 saturated carbocycles. The molecule has 0 rings (SSSR count). The van der Waals surface area contributed by atoms with Gasteiger partial charge in [0, 0.05) is 19.3 Å². The van der Waals surface area contributed by atoms with Crippen LogP contribution in [0.1, 0.15) is 25.7 Å². The zero-order valence-corrected chi connectivity index (χ0v) is 8.70. The van der Waals surface area contributed by atoms with Crippen LogP contribution in [0.25, 0.3) is 0 Å². The molecule has 0 bridgehead atoms. The minimum atomic E-state index is -0.845. The Morgan fingerprint density at radius 3 is 2.47 bits per heavy atom. The predicted octanol–water partition coefficient (Wildman–Crippen LogP) is 0.689. The highest BCUT2D eigenvalue weighted by Crippen LogP contribution is 2.05. The highest BCUT2D eigenvalue weighted by atomic mass is 16.5. The summed E-state index contributed by atoms with van der Waals surface area (Å²) in [6, 6.07) is 0. The van der Waals surface area contributed by atoms with E-state index in [1.807, 2.05) is 0 Å². The van der Waals surface area contributed by atoms with Gasteiger partial charge in [-0.25, -0.2) is 0 Å². The molecule has 0 radical (unpaired) electrons. The van der Waals surface area contributed by atoms with Crippen LogP contribution in [-0.2, 0) is 14.3 Å². The van der Waals surface area contributed by atoms with Crippen LogP contribution in [-0.4, -0.2) is 30.0 Å². The van der Waals surface area contributed by atoms with E-state index in [2.05, 4.69) is 6.58 Å². The summed E-state index contributed by atoms with van der Waals surface area (Å²) in [5.74, 6) is -0.380. The summed E-state index contributed by atoms with van der Waals surface area (Å²) in [6.45, 7) is 3.97. The molecule has 0 heterocycles. The van der Waals surface area contributed by atoms with Gasteiger partial charge in [0.2, 0.25) is 0 Å². The molecule has 0 aliphatic heterocycles. The van der Waals surface area contributed by atoms with Crippen LogP contribution in [0.5, 0.6) is 0 Å². The van der Waals surface area contributed by atoms with Crippen molar-refractivity contribution in [3.05, 3.63) is 12.3 Å². The summed E-state index contributed by atoms with van der Waals surface area (Å²) in [4.78, 5) is 21.0. The fourth-order valence-electron chi connectivity index (χ4n) is 0.893. The molecular weight excluding hydrogens is 198 g/mol. The summed E-state index contributed by atoms with van der Waals surface area (Å²) in [5, 5.41) is 8.35. The molecule has 0 unspecified atom stereocenters. The predicted molar refractivity (Wildman–Crippen MR) is 55.3 cm³/mol. The average Bonchev–Trinajstić information content (AvgIpc) is 2.20. The maximum absolute atomic E-state index is 10.8. The molecule has 5 nitrogen and oxygen atoms in total. The number of carboxylic acids is 1. The summed E-state index contributed by atoms with van der Waals surface area (Å²) < 4.78 is 5.14. The molecule has 5 heteroatoms. The molecule has 0 amide bonds. The SMILES string of the molecule is C=C(CCC(=O)CN)OCCCC(=O)O. The first kappa shape index (κ1) is 13.6. The van der Waals surface area contributed by atoms with Gasteiger partial charge in [-0.2, -0.15) is 0 Å². The van der Waals surface area contributed by atoms with E-state index >= 15 is 0 Å². The normalized spacial score (nSPS) is 9.67. The number of nitrogens with two attached hydrogens (primary N) is 1. The number of rotatable bonds is 9. The Morgan fingerprint density at radius 2 is 1.93 bits per heavy atom. The molecule has 0 atom stereocenters. The lowest BCUT2D eigenvalue weighted by Gasteiger charge is -2.07. The van der Waals surface area contributed by atoms with Crippen molar-refractivity contribution in [3.8, 4) is 0 Å². The second kappa shape index (κ2) is 7.99. The van der Waals surface area contributed by atoms with Crippen molar-refractivity contribution in [2.24, 2.45) is 5.73 Å². The van der Waals surface area contributed by atoms with Crippen LogP contribution in [0, 0.1) is 0 Å². The van der Waals surface area contributed by atoms with Gasteiger partial charge < -0.3 is 15.6 Å². The Kier molecular flexibility index (Phi) is 7.27. The second-order valence-corrected chi connectivity index (χ2v) is 3.13. The highest BCUT2D eigenvalue weighted by Gasteiger charge is 2.02. The fourth-order valence-corrected chi connectivity index (χ4v) is 0.893. The van der Waals surface area contributed by atoms with Crippen LogP contribution < -0.4 is 5.73 Å². The molecule has 0 fully saturated rings. The minimum absolute atomic E-state index is 0.0340. The van der Waals surface area contributed by atoms with Gasteiger partial charge in [-0.3, -0.25) is 9.59 Å². The topological polar surface area (TPSA) is 89.6 Å². The van der Waals surface area contributed by atoms with E-state index in [-0.39, 0.29) is 18.7 Å². The lowest BCUT2D eigenvalue weighted by Crippen LogP contribution is -2.13. The first-order chi connectivity index (χ1) is 7.06. The minimum Gasteiger partial charge on any atom is -0.499 e. The van der Waals surface area contributed by atoms with E-state index in [0.717, 1.165) is 0 Å². The Bertz CT molecular complexity index is 238. The molecule has 0 aliphatic carbocycles. The number of hydrogen-bond donors (Lipinski definition) is 2. The number of ketones is 1. The van der Waals surface area contributed by atoms with Crippen molar-refractivity contribution in [1.82, 2.24) is 0 Å². The second-order valence-electron chi connectivity index (χ2n) is 3.13. The largest absolute Gasteiger partial charge is 0.499 e. The number of aliphatic carboxylic acids is 1. The number of hydrogen-bond acceptors (Lipinski definition) is 4. The number of ether oxygens (including phenoxy) is 1. The molecule has 86 valence electrons. The van der Waals surface area contributed by atoms with E-state index in [0.29, 0.717) is 31.6 Å². The van der Waals surface area contributed by atoms with Crippen molar-refractivity contribution < 1.29 is 19.4 Å². The van der Waals surface area contributed by atoms with Gasteiger partial charge in [0.05, 0.1) is 18.9 Å². The van der Waals surface area contributed by atoms with E-state index in [1.54, 1.807) is 0 Å². The van der Waals surface area contributed by atoms with Crippen molar-refractivity contribution in [2.75, 3.05) is 13.2 Å². The smallest absolute Gasteiger partial charge is 0.303 e. The quantitative estimate of drug-likeness (QED) is 0.436. The molecule has 0 aliphatic rings.